The lowest BCUT2D eigenvalue weighted by Gasteiger charge is -2.38. The Balaban J connectivity index is 1.85. The number of aromatic nitrogens is 2. The molecule has 5 atom stereocenters. The highest BCUT2D eigenvalue weighted by molar-refractivity contribution is 6.72. The predicted molar refractivity (Wildman–Crippen MR) is 137 cm³/mol. The van der Waals surface area contributed by atoms with Crippen LogP contribution in [-0.2, 0) is 4.74 Å². The van der Waals surface area contributed by atoms with Gasteiger partial charge in [-0.05, 0) is 49.2 Å². The molecule has 0 spiro atoms. The van der Waals surface area contributed by atoms with Crippen LogP contribution in [0.25, 0.3) is 0 Å². The van der Waals surface area contributed by atoms with Crippen LogP contribution in [0.1, 0.15) is 43.3 Å². The molecule has 12 heteroatoms. The molecular formula is C24H37N5O6Si. The smallest absolute Gasteiger partial charge is 0.351 e. The average Bonchev–Trinajstić information content (AvgIpc) is 3.08. The van der Waals surface area contributed by atoms with Crippen LogP contribution >= 0.6 is 0 Å². The Kier molecular flexibility index (Phi) is 8.83. The molecule has 2 heterocycles. The summed E-state index contributed by atoms with van der Waals surface area (Å²) in [6.07, 6.45) is -1.34. The van der Waals surface area contributed by atoms with E-state index >= 15 is 0 Å². The SMILES string of the molecule is CC(C)(C[C@H]1C(O)[C@@H](CCNC(N)O)O[C@H]1n1ccc(NC(=O)c2ccccc2)nc1=O)[Si](C)(C)O. The monoisotopic (exact) mass is 519 g/mol. The van der Waals surface area contributed by atoms with Crippen molar-refractivity contribution >= 4 is 20.0 Å². The summed E-state index contributed by atoms with van der Waals surface area (Å²) in [6.45, 7) is 7.87. The summed E-state index contributed by atoms with van der Waals surface area (Å²) in [6, 6.07) is 10.1. The second-order valence-corrected chi connectivity index (χ2v) is 14.8. The van der Waals surface area contributed by atoms with Crippen molar-refractivity contribution in [1.82, 2.24) is 14.9 Å². The van der Waals surface area contributed by atoms with E-state index in [2.05, 4.69) is 15.6 Å². The van der Waals surface area contributed by atoms with Gasteiger partial charge >= 0.3 is 5.69 Å². The zero-order valence-corrected chi connectivity index (χ0v) is 22.1. The van der Waals surface area contributed by atoms with Crippen molar-refractivity contribution in [2.45, 2.75) is 69.6 Å². The molecule has 198 valence electrons. The quantitative estimate of drug-likeness (QED) is 0.197. The standard InChI is InChI=1S/C24H37N5O6Si/c1-24(2,36(3,4)34)14-16-19(30)17(10-12-26-22(25)32)35-21(16)29-13-11-18(28-23(29)33)27-20(31)15-8-6-5-7-9-15/h5-9,11,13,16-17,19,21-22,26,30,32,34H,10,12,14,25H2,1-4H3,(H,27,28,31,33)/t16-,17+,19?,21+,22?/m0/s1. The maximum Gasteiger partial charge on any atom is 0.351 e. The first kappa shape index (κ1) is 28.1. The Morgan fingerprint density at radius 3 is 2.53 bits per heavy atom. The summed E-state index contributed by atoms with van der Waals surface area (Å²) in [5.74, 6) is -0.796. The van der Waals surface area contributed by atoms with Crippen LogP contribution in [0.5, 0.6) is 0 Å². The number of ether oxygens (including phenoxy) is 1. The minimum atomic E-state index is -2.63. The first-order valence-corrected chi connectivity index (χ1v) is 14.9. The third kappa shape index (κ3) is 6.65. The van der Waals surface area contributed by atoms with Gasteiger partial charge in [-0.2, -0.15) is 4.98 Å². The Hall–Kier alpha value is -2.45. The first-order valence-electron chi connectivity index (χ1n) is 12.0. The Morgan fingerprint density at radius 2 is 1.94 bits per heavy atom. The van der Waals surface area contributed by atoms with Gasteiger partial charge in [0.25, 0.3) is 5.91 Å². The molecule has 3 rings (SSSR count). The molecule has 1 aliphatic rings. The van der Waals surface area contributed by atoms with Gasteiger partial charge in [0.05, 0.1) is 12.2 Å². The third-order valence-corrected chi connectivity index (χ3v) is 10.6. The number of hydrogen-bond acceptors (Lipinski definition) is 9. The highest BCUT2D eigenvalue weighted by Crippen LogP contribution is 2.48. The van der Waals surface area contributed by atoms with Gasteiger partial charge in [-0.1, -0.05) is 32.0 Å². The Labute approximate surface area is 211 Å². The van der Waals surface area contributed by atoms with Crippen molar-refractivity contribution < 1.29 is 24.5 Å². The molecule has 0 aliphatic carbocycles. The molecule has 1 fully saturated rings. The van der Waals surface area contributed by atoms with Gasteiger partial charge in [0, 0.05) is 24.2 Å². The van der Waals surface area contributed by atoms with Crippen LogP contribution < -0.4 is 22.1 Å². The number of carbonyl (C=O) groups excluding carboxylic acids is 1. The maximum atomic E-state index is 13.0. The summed E-state index contributed by atoms with van der Waals surface area (Å²) in [5.41, 5.74) is 5.12. The van der Waals surface area contributed by atoms with Crippen LogP contribution in [0.4, 0.5) is 5.82 Å². The van der Waals surface area contributed by atoms with Gasteiger partial charge in [-0.25, -0.2) is 4.79 Å². The van der Waals surface area contributed by atoms with E-state index in [1.807, 2.05) is 26.9 Å². The number of amides is 1. The van der Waals surface area contributed by atoms with Gasteiger partial charge in [-0.3, -0.25) is 20.4 Å². The molecule has 7 N–H and O–H groups in total. The number of rotatable bonds is 10. The summed E-state index contributed by atoms with van der Waals surface area (Å²) in [7, 11) is -2.63. The molecule has 1 saturated heterocycles. The van der Waals surface area contributed by atoms with E-state index in [1.54, 1.807) is 30.3 Å². The highest BCUT2D eigenvalue weighted by atomic mass is 28.4. The molecule has 2 aromatic rings. The average molecular weight is 520 g/mol. The minimum absolute atomic E-state index is 0.0992. The number of nitrogens with zero attached hydrogens (tertiary/aromatic N) is 2. The lowest BCUT2D eigenvalue weighted by atomic mass is 9.89. The molecule has 0 saturated carbocycles. The first-order chi connectivity index (χ1) is 16.8. The second kappa shape index (κ2) is 11.3. The number of anilines is 1. The fraction of sp³-hybridized carbons (Fsp3) is 0.542. The molecule has 1 aromatic carbocycles. The number of nitrogens with one attached hydrogen (secondary N) is 2. The van der Waals surface area contributed by atoms with E-state index in [0.29, 0.717) is 24.9 Å². The van der Waals surface area contributed by atoms with Crippen molar-refractivity contribution in [2.24, 2.45) is 11.7 Å². The predicted octanol–water partition coefficient (Wildman–Crippen LogP) is 0.952. The lowest BCUT2D eigenvalue weighted by molar-refractivity contribution is -0.0297. The van der Waals surface area contributed by atoms with Crippen molar-refractivity contribution in [3.05, 3.63) is 58.6 Å². The van der Waals surface area contributed by atoms with Crippen molar-refractivity contribution in [3.8, 4) is 0 Å². The topological polar surface area (TPSA) is 172 Å². The number of aliphatic hydroxyl groups is 2. The van der Waals surface area contributed by atoms with Gasteiger partial charge < -0.3 is 25.1 Å². The van der Waals surface area contributed by atoms with E-state index < -0.39 is 55.7 Å². The van der Waals surface area contributed by atoms with E-state index in [-0.39, 0.29) is 5.82 Å². The van der Waals surface area contributed by atoms with E-state index in [9.17, 15) is 24.6 Å². The summed E-state index contributed by atoms with van der Waals surface area (Å²) in [4.78, 5) is 40.3. The van der Waals surface area contributed by atoms with Gasteiger partial charge in [0.2, 0.25) is 0 Å². The van der Waals surface area contributed by atoms with Crippen molar-refractivity contribution in [3.63, 3.8) is 0 Å². The van der Waals surface area contributed by atoms with Crippen molar-refractivity contribution in [1.29, 1.82) is 0 Å². The van der Waals surface area contributed by atoms with E-state index in [1.165, 1.54) is 16.8 Å². The summed E-state index contributed by atoms with van der Waals surface area (Å²) < 4.78 is 7.45. The van der Waals surface area contributed by atoms with Gasteiger partial charge in [-0.15, -0.1) is 0 Å². The lowest BCUT2D eigenvalue weighted by Crippen LogP contribution is -2.43. The van der Waals surface area contributed by atoms with Gasteiger partial charge in [0.1, 0.15) is 12.0 Å². The van der Waals surface area contributed by atoms with Crippen LogP contribution in [0.2, 0.25) is 18.1 Å². The Bertz CT molecular complexity index is 1090. The number of carbonyl (C=O) groups is 1. The molecule has 0 bridgehead atoms. The van der Waals surface area contributed by atoms with E-state index in [4.69, 9.17) is 10.5 Å². The summed E-state index contributed by atoms with van der Waals surface area (Å²) in [5, 5.41) is 25.2. The normalized spacial score (nSPS) is 23.4. The Morgan fingerprint density at radius 1 is 1.28 bits per heavy atom. The molecule has 11 nitrogen and oxygen atoms in total. The number of benzene rings is 1. The fourth-order valence-electron chi connectivity index (χ4n) is 4.20. The number of hydrogen-bond donors (Lipinski definition) is 6. The summed E-state index contributed by atoms with van der Waals surface area (Å²) >= 11 is 0. The maximum absolute atomic E-state index is 13.0. The zero-order chi connectivity index (χ0) is 26.7. The molecule has 2 unspecified atom stereocenters. The fourth-order valence-corrected chi connectivity index (χ4v) is 4.94. The number of aliphatic hydroxyl groups excluding tert-OH is 2. The van der Waals surface area contributed by atoms with E-state index in [0.717, 1.165) is 0 Å². The largest absolute Gasteiger partial charge is 0.432 e. The van der Waals surface area contributed by atoms with Crippen molar-refractivity contribution in [2.75, 3.05) is 11.9 Å². The molecule has 1 aliphatic heterocycles. The number of nitrogens with two attached hydrogens (primary N) is 1. The molecule has 1 amide bonds. The third-order valence-electron chi connectivity index (χ3n) is 7.07. The molecular weight excluding hydrogens is 482 g/mol. The highest BCUT2D eigenvalue weighted by Gasteiger charge is 2.50. The van der Waals surface area contributed by atoms with Crippen LogP contribution in [-0.4, -0.2) is 63.9 Å². The van der Waals surface area contributed by atoms with Crippen LogP contribution in [0.15, 0.2) is 47.4 Å². The second-order valence-electron chi connectivity index (χ2n) is 10.4. The minimum Gasteiger partial charge on any atom is -0.432 e. The molecule has 36 heavy (non-hydrogen) atoms. The van der Waals surface area contributed by atoms with Gasteiger partial charge in [0.15, 0.2) is 14.7 Å². The molecule has 0 radical (unpaired) electrons. The van der Waals surface area contributed by atoms with Crippen LogP contribution in [0, 0.1) is 5.92 Å². The zero-order valence-electron chi connectivity index (χ0n) is 21.1. The molecule has 1 aromatic heterocycles. The van der Waals surface area contributed by atoms with Crippen LogP contribution in [0.3, 0.4) is 0 Å².